The fourth-order valence-corrected chi connectivity index (χ4v) is 0.915. The molecule has 0 saturated heterocycles. The second-order valence-corrected chi connectivity index (χ2v) is 4.26. The van der Waals surface area contributed by atoms with Crippen LogP contribution in [0.5, 0.6) is 0 Å². The predicted molar refractivity (Wildman–Crippen MR) is 52.7 cm³/mol. The van der Waals surface area contributed by atoms with Crippen molar-refractivity contribution in [3.63, 3.8) is 0 Å². The highest BCUT2D eigenvalue weighted by atomic mass is 19.4. The van der Waals surface area contributed by atoms with Crippen LogP contribution in [0, 0.1) is 0 Å². The Morgan fingerprint density at radius 2 is 1.29 bits per heavy atom. The van der Waals surface area contributed by atoms with Gasteiger partial charge in [0.1, 0.15) is 0 Å². The Kier molecular flexibility index (Phi) is 5.94. The summed E-state index contributed by atoms with van der Waals surface area (Å²) in [5.74, 6) is -16.4. The zero-order valence-corrected chi connectivity index (χ0v) is 11.3. The van der Waals surface area contributed by atoms with Gasteiger partial charge in [0, 0.05) is 5.57 Å². The molecule has 142 valence electrons. The van der Waals surface area contributed by atoms with E-state index in [4.69, 9.17) is 0 Å². The highest BCUT2D eigenvalue weighted by molar-refractivity contribution is 5.86. The van der Waals surface area contributed by atoms with E-state index in [0.717, 1.165) is 6.92 Å². The Balaban J connectivity index is 5.37. The Hall–Kier alpha value is -1.60. The van der Waals surface area contributed by atoms with E-state index in [0.29, 0.717) is 0 Å². The highest BCUT2D eigenvalue weighted by Crippen LogP contribution is 2.54. The summed E-state index contributed by atoms with van der Waals surface area (Å²) in [5, 5.41) is 0. The first kappa shape index (κ1) is 22.4. The van der Waals surface area contributed by atoms with Gasteiger partial charge in [-0.3, -0.25) is 0 Å². The van der Waals surface area contributed by atoms with E-state index in [1.807, 2.05) is 0 Å². The van der Waals surface area contributed by atoms with Crippen LogP contribution in [0.1, 0.15) is 6.92 Å². The zero-order valence-electron chi connectivity index (χ0n) is 11.3. The van der Waals surface area contributed by atoms with Crippen molar-refractivity contribution < 1.29 is 62.6 Å². The van der Waals surface area contributed by atoms with Crippen LogP contribution in [0.3, 0.4) is 0 Å². The maximum atomic E-state index is 12.9. The van der Waals surface area contributed by atoms with Crippen molar-refractivity contribution in [3.05, 3.63) is 12.2 Å². The molecule has 0 aliphatic rings. The van der Waals surface area contributed by atoms with Crippen molar-refractivity contribution in [2.24, 2.45) is 0 Å². The molecule has 0 atom stereocenters. The standard InChI is InChI=1S/C10H7F11O3/c1-4(2)5(22)23-3-6(11,12)24-10(20,21)8(15,16)7(13,14)9(17,18)19/h1,3H2,2H3. The molecule has 14 heteroatoms. The summed E-state index contributed by atoms with van der Waals surface area (Å²) < 4.78 is 143. The minimum absolute atomic E-state index is 0.536. The van der Waals surface area contributed by atoms with E-state index < -0.39 is 48.4 Å². The first-order valence-corrected chi connectivity index (χ1v) is 5.39. The van der Waals surface area contributed by atoms with Gasteiger partial charge in [0.2, 0.25) is 0 Å². The zero-order chi connectivity index (χ0) is 19.8. The molecule has 0 unspecified atom stereocenters. The molecule has 0 aromatic heterocycles. The van der Waals surface area contributed by atoms with Gasteiger partial charge >= 0.3 is 36.2 Å². The topological polar surface area (TPSA) is 35.5 Å². The number of halogens is 11. The van der Waals surface area contributed by atoms with Crippen LogP contribution in [-0.4, -0.2) is 42.8 Å². The summed E-state index contributed by atoms with van der Waals surface area (Å²) in [4.78, 5) is 10.7. The summed E-state index contributed by atoms with van der Waals surface area (Å²) in [5.41, 5.74) is -0.536. The summed E-state index contributed by atoms with van der Waals surface area (Å²) in [6.45, 7) is 1.32. The maximum absolute atomic E-state index is 12.9. The van der Waals surface area contributed by atoms with Crippen molar-refractivity contribution in [1.82, 2.24) is 0 Å². The van der Waals surface area contributed by atoms with Crippen LogP contribution < -0.4 is 0 Å². The molecular weight excluding hydrogens is 377 g/mol. The highest BCUT2D eigenvalue weighted by Gasteiger charge is 2.83. The molecule has 3 nitrogen and oxygen atoms in total. The molecule has 24 heavy (non-hydrogen) atoms. The minimum atomic E-state index is -7.39. The van der Waals surface area contributed by atoms with E-state index in [9.17, 15) is 53.1 Å². The molecule has 0 radical (unpaired) electrons. The largest absolute Gasteiger partial charge is 0.460 e. The van der Waals surface area contributed by atoms with Gasteiger partial charge in [-0.25, -0.2) is 9.53 Å². The van der Waals surface area contributed by atoms with Crippen molar-refractivity contribution in [2.45, 2.75) is 37.2 Å². The van der Waals surface area contributed by atoms with Crippen LogP contribution in [0.4, 0.5) is 48.3 Å². The lowest BCUT2D eigenvalue weighted by Gasteiger charge is -2.34. The SMILES string of the molecule is C=C(C)C(=O)OCC(F)(F)OC(F)(F)C(F)(F)C(F)(F)C(F)(F)F. The van der Waals surface area contributed by atoms with Crippen LogP contribution in [0.2, 0.25) is 0 Å². The van der Waals surface area contributed by atoms with E-state index in [1.165, 1.54) is 0 Å². The molecule has 0 rings (SSSR count). The number of ether oxygens (including phenoxy) is 2. The molecule has 0 amide bonds. The third-order valence-electron chi connectivity index (χ3n) is 2.11. The number of carbonyl (C=O) groups is 1. The molecule has 0 N–H and O–H groups in total. The Bertz CT molecular complexity index is 495. The van der Waals surface area contributed by atoms with Gasteiger partial charge < -0.3 is 4.74 Å². The number of esters is 1. The minimum Gasteiger partial charge on any atom is -0.453 e. The second kappa shape index (κ2) is 6.37. The molecule has 0 fully saturated rings. The van der Waals surface area contributed by atoms with Gasteiger partial charge in [-0.2, -0.15) is 48.3 Å². The molecule has 0 heterocycles. The normalized spacial score (nSPS) is 14.5. The number of alkyl halides is 11. The van der Waals surface area contributed by atoms with E-state index in [-0.39, 0.29) is 0 Å². The van der Waals surface area contributed by atoms with Gasteiger partial charge in [0.05, 0.1) is 0 Å². The average Bonchev–Trinajstić information content (AvgIpc) is 2.32. The van der Waals surface area contributed by atoms with Gasteiger partial charge in [-0.15, -0.1) is 0 Å². The molecule has 0 aromatic carbocycles. The molecule has 0 saturated carbocycles. The van der Waals surface area contributed by atoms with E-state index in [1.54, 1.807) is 0 Å². The lowest BCUT2D eigenvalue weighted by atomic mass is 10.1. The molecule has 0 aliphatic carbocycles. The van der Waals surface area contributed by atoms with Crippen molar-refractivity contribution in [3.8, 4) is 0 Å². The number of hydrogen-bond acceptors (Lipinski definition) is 3. The molecule has 0 aromatic rings. The maximum Gasteiger partial charge on any atom is 0.460 e. The number of hydrogen-bond donors (Lipinski definition) is 0. The quantitative estimate of drug-likeness (QED) is 0.376. The van der Waals surface area contributed by atoms with E-state index in [2.05, 4.69) is 16.1 Å². The van der Waals surface area contributed by atoms with Crippen molar-refractivity contribution >= 4 is 5.97 Å². The molecule has 0 bridgehead atoms. The Morgan fingerprint density at radius 1 is 0.875 bits per heavy atom. The predicted octanol–water partition coefficient (Wildman–Crippen LogP) is 4.14. The fraction of sp³-hybridized carbons (Fsp3) is 0.700. The van der Waals surface area contributed by atoms with Gasteiger partial charge in [0.25, 0.3) is 0 Å². The molecular formula is C10H7F11O3. The first-order chi connectivity index (χ1) is 10.3. The average molecular weight is 384 g/mol. The molecule has 0 spiro atoms. The summed E-state index contributed by atoms with van der Waals surface area (Å²) in [7, 11) is 0. The summed E-state index contributed by atoms with van der Waals surface area (Å²) in [6.07, 6.45) is -19.7. The number of carbonyl (C=O) groups excluding carboxylic acids is 1. The lowest BCUT2D eigenvalue weighted by molar-refractivity contribution is -0.483. The van der Waals surface area contributed by atoms with Crippen molar-refractivity contribution in [1.29, 1.82) is 0 Å². The van der Waals surface area contributed by atoms with Gasteiger partial charge in [0.15, 0.2) is 6.61 Å². The smallest absolute Gasteiger partial charge is 0.453 e. The lowest BCUT2D eigenvalue weighted by Crippen LogP contribution is -2.63. The van der Waals surface area contributed by atoms with Crippen molar-refractivity contribution in [2.75, 3.05) is 6.61 Å². The van der Waals surface area contributed by atoms with Crippen LogP contribution >= 0.6 is 0 Å². The second-order valence-electron chi connectivity index (χ2n) is 4.26. The third-order valence-corrected chi connectivity index (χ3v) is 2.11. The van der Waals surface area contributed by atoms with Gasteiger partial charge in [-0.05, 0) is 6.92 Å². The fourth-order valence-electron chi connectivity index (χ4n) is 0.915. The number of rotatable bonds is 7. The molecule has 0 aliphatic heterocycles. The van der Waals surface area contributed by atoms with Crippen LogP contribution in [0.25, 0.3) is 0 Å². The monoisotopic (exact) mass is 384 g/mol. The summed E-state index contributed by atoms with van der Waals surface area (Å²) in [6, 6.07) is 0. The van der Waals surface area contributed by atoms with E-state index >= 15 is 0 Å². The van der Waals surface area contributed by atoms with Crippen LogP contribution in [-0.2, 0) is 14.3 Å². The first-order valence-electron chi connectivity index (χ1n) is 5.39. The van der Waals surface area contributed by atoms with Gasteiger partial charge in [-0.1, -0.05) is 6.58 Å². The third kappa shape index (κ3) is 4.48. The Labute approximate surface area is 126 Å². The van der Waals surface area contributed by atoms with Crippen LogP contribution in [0.15, 0.2) is 12.2 Å². The summed E-state index contributed by atoms with van der Waals surface area (Å²) >= 11 is 0. The Morgan fingerprint density at radius 3 is 1.62 bits per heavy atom.